The van der Waals surface area contributed by atoms with Crippen LogP contribution in [-0.4, -0.2) is 15.5 Å². The number of amides is 1. The standard InChI is InChI=1S/C27H27N3O/c1-19-7-9-22(10-8-19)17-29-27(31)26-15-20(2)30(21(26)3)18-23-5-4-6-25(16-23)24-11-13-28-14-12-24/h4-16H,17-18H2,1-3H3,(H,29,31). The molecule has 4 heteroatoms. The number of benzene rings is 2. The van der Waals surface area contributed by atoms with Gasteiger partial charge in [0, 0.05) is 36.9 Å². The minimum Gasteiger partial charge on any atom is -0.348 e. The second-order valence-electron chi connectivity index (χ2n) is 7.98. The highest BCUT2D eigenvalue weighted by molar-refractivity contribution is 5.95. The maximum Gasteiger partial charge on any atom is 0.253 e. The van der Waals surface area contributed by atoms with Gasteiger partial charge in [0.2, 0.25) is 0 Å². The molecule has 0 aliphatic carbocycles. The molecule has 0 bridgehead atoms. The number of hydrogen-bond acceptors (Lipinski definition) is 2. The van der Waals surface area contributed by atoms with Crippen LogP contribution in [0.2, 0.25) is 0 Å². The highest BCUT2D eigenvalue weighted by Gasteiger charge is 2.16. The van der Waals surface area contributed by atoms with Crippen LogP contribution in [-0.2, 0) is 13.1 Å². The van der Waals surface area contributed by atoms with Crippen molar-refractivity contribution in [2.45, 2.75) is 33.9 Å². The van der Waals surface area contributed by atoms with Crippen molar-refractivity contribution >= 4 is 5.91 Å². The van der Waals surface area contributed by atoms with E-state index in [0.717, 1.165) is 34.6 Å². The first-order valence-corrected chi connectivity index (χ1v) is 10.5. The predicted octanol–water partition coefficient (Wildman–Crippen LogP) is 5.45. The summed E-state index contributed by atoms with van der Waals surface area (Å²) >= 11 is 0. The summed E-state index contributed by atoms with van der Waals surface area (Å²) in [5, 5.41) is 3.05. The average molecular weight is 410 g/mol. The molecular formula is C27H27N3O. The number of aromatic nitrogens is 2. The second kappa shape index (κ2) is 9.00. The third-order valence-corrected chi connectivity index (χ3v) is 5.67. The Hall–Kier alpha value is -3.66. The third-order valence-electron chi connectivity index (χ3n) is 5.67. The molecule has 0 saturated carbocycles. The molecule has 4 rings (SSSR count). The van der Waals surface area contributed by atoms with Crippen molar-refractivity contribution in [1.82, 2.24) is 14.9 Å². The number of nitrogens with zero attached hydrogens (tertiary/aromatic N) is 2. The molecule has 0 fully saturated rings. The van der Waals surface area contributed by atoms with Gasteiger partial charge < -0.3 is 9.88 Å². The number of nitrogens with one attached hydrogen (secondary N) is 1. The zero-order chi connectivity index (χ0) is 21.8. The van der Waals surface area contributed by atoms with Crippen molar-refractivity contribution in [3.05, 3.63) is 113 Å². The SMILES string of the molecule is Cc1ccc(CNC(=O)c2cc(C)n(Cc3cccc(-c4ccncc4)c3)c2C)cc1. The van der Waals surface area contributed by atoms with E-state index >= 15 is 0 Å². The van der Waals surface area contributed by atoms with E-state index in [0.29, 0.717) is 6.54 Å². The Morgan fingerprint density at radius 2 is 1.61 bits per heavy atom. The van der Waals surface area contributed by atoms with E-state index in [1.165, 1.54) is 16.7 Å². The Balaban J connectivity index is 1.50. The largest absolute Gasteiger partial charge is 0.348 e. The second-order valence-corrected chi connectivity index (χ2v) is 7.98. The van der Waals surface area contributed by atoms with E-state index in [1.54, 1.807) is 0 Å². The molecule has 0 radical (unpaired) electrons. The topological polar surface area (TPSA) is 46.9 Å². The summed E-state index contributed by atoms with van der Waals surface area (Å²) in [5.41, 5.74) is 8.61. The molecule has 2 aromatic heterocycles. The van der Waals surface area contributed by atoms with E-state index in [-0.39, 0.29) is 5.91 Å². The molecule has 0 atom stereocenters. The zero-order valence-electron chi connectivity index (χ0n) is 18.2. The van der Waals surface area contributed by atoms with Crippen molar-refractivity contribution < 1.29 is 4.79 Å². The summed E-state index contributed by atoms with van der Waals surface area (Å²) < 4.78 is 2.20. The maximum absolute atomic E-state index is 12.8. The number of pyridine rings is 1. The van der Waals surface area contributed by atoms with Gasteiger partial charge in [-0.2, -0.15) is 0 Å². The van der Waals surface area contributed by atoms with Crippen LogP contribution in [0, 0.1) is 20.8 Å². The van der Waals surface area contributed by atoms with Crippen LogP contribution in [0.3, 0.4) is 0 Å². The molecule has 0 saturated heterocycles. The third kappa shape index (κ3) is 4.75. The molecule has 2 aromatic carbocycles. The van der Waals surface area contributed by atoms with Crippen molar-refractivity contribution in [1.29, 1.82) is 0 Å². The zero-order valence-corrected chi connectivity index (χ0v) is 18.2. The number of hydrogen-bond donors (Lipinski definition) is 1. The fourth-order valence-corrected chi connectivity index (χ4v) is 3.83. The van der Waals surface area contributed by atoms with Crippen LogP contribution in [0.25, 0.3) is 11.1 Å². The average Bonchev–Trinajstić information content (AvgIpc) is 3.08. The van der Waals surface area contributed by atoms with Crippen LogP contribution >= 0.6 is 0 Å². The number of aryl methyl sites for hydroxylation is 2. The summed E-state index contributed by atoms with van der Waals surface area (Å²) in [5.74, 6) is -0.0366. The first-order valence-electron chi connectivity index (χ1n) is 10.5. The van der Waals surface area contributed by atoms with E-state index in [9.17, 15) is 4.79 Å². The van der Waals surface area contributed by atoms with Crippen molar-refractivity contribution in [3.63, 3.8) is 0 Å². The van der Waals surface area contributed by atoms with Gasteiger partial charge in [-0.15, -0.1) is 0 Å². The summed E-state index contributed by atoms with van der Waals surface area (Å²) in [7, 11) is 0. The lowest BCUT2D eigenvalue weighted by atomic mass is 10.0. The lowest BCUT2D eigenvalue weighted by Gasteiger charge is -2.12. The van der Waals surface area contributed by atoms with Crippen LogP contribution in [0.5, 0.6) is 0 Å². The van der Waals surface area contributed by atoms with Gasteiger partial charge in [0.25, 0.3) is 5.91 Å². The molecule has 0 unspecified atom stereocenters. The molecule has 156 valence electrons. The van der Waals surface area contributed by atoms with Gasteiger partial charge in [-0.3, -0.25) is 9.78 Å². The lowest BCUT2D eigenvalue weighted by Crippen LogP contribution is -2.23. The fourth-order valence-electron chi connectivity index (χ4n) is 3.83. The maximum atomic E-state index is 12.8. The van der Waals surface area contributed by atoms with Crippen LogP contribution in [0.4, 0.5) is 0 Å². The molecule has 4 aromatic rings. The Bertz CT molecular complexity index is 1190. The molecule has 1 amide bonds. The smallest absolute Gasteiger partial charge is 0.253 e. The quantitative estimate of drug-likeness (QED) is 0.460. The Morgan fingerprint density at radius 3 is 2.35 bits per heavy atom. The fraction of sp³-hybridized carbons (Fsp3) is 0.185. The van der Waals surface area contributed by atoms with Crippen LogP contribution < -0.4 is 5.32 Å². The molecular weight excluding hydrogens is 382 g/mol. The van der Waals surface area contributed by atoms with E-state index in [1.807, 2.05) is 37.5 Å². The summed E-state index contributed by atoms with van der Waals surface area (Å²) in [6, 6.07) is 22.7. The van der Waals surface area contributed by atoms with Crippen molar-refractivity contribution in [2.75, 3.05) is 0 Å². The van der Waals surface area contributed by atoms with Gasteiger partial charge in [-0.25, -0.2) is 0 Å². The minimum atomic E-state index is -0.0366. The van der Waals surface area contributed by atoms with E-state index in [2.05, 4.69) is 77.2 Å². The Morgan fingerprint density at radius 1 is 0.871 bits per heavy atom. The van der Waals surface area contributed by atoms with Crippen molar-refractivity contribution in [2.24, 2.45) is 0 Å². The number of carbonyl (C=O) groups excluding carboxylic acids is 1. The van der Waals surface area contributed by atoms with Crippen LogP contribution in [0.15, 0.2) is 79.1 Å². The van der Waals surface area contributed by atoms with Gasteiger partial charge in [0.1, 0.15) is 0 Å². The van der Waals surface area contributed by atoms with Crippen molar-refractivity contribution in [3.8, 4) is 11.1 Å². The van der Waals surface area contributed by atoms with Gasteiger partial charge in [-0.1, -0.05) is 48.0 Å². The molecule has 2 heterocycles. The first kappa shape index (κ1) is 20.6. The van der Waals surface area contributed by atoms with Gasteiger partial charge >= 0.3 is 0 Å². The summed E-state index contributed by atoms with van der Waals surface area (Å²) in [6.07, 6.45) is 3.62. The number of carbonyl (C=O) groups is 1. The molecule has 4 nitrogen and oxygen atoms in total. The normalized spacial score (nSPS) is 10.8. The number of rotatable bonds is 6. The highest BCUT2D eigenvalue weighted by Crippen LogP contribution is 2.22. The Kier molecular flexibility index (Phi) is 5.99. The summed E-state index contributed by atoms with van der Waals surface area (Å²) in [4.78, 5) is 16.9. The summed E-state index contributed by atoms with van der Waals surface area (Å²) in [6.45, 7) is 7.37. The van der Waals surface area contributed by atoms with Crippen LogP contribution in [0.1, 0.15) is 38.4 Å². The van der Waals surface area contributed by atoms with E-state index < -0.39 is 0 Å². The van der Waals surface area contributed by atoms with Gasteiger partial charge in [0.15, 0.2) is 0 Å². The molecule has 31 heavy (non-hydrogen) atoms. The molecule has 0 spiro atoms. The highest BCUT2D eigenvalue weighted by atomic mass is 16.1. The lowest BCUT2D eigenvalue weighted by molar-refractivity contribution is 0.0950. The monoisotopic (exact) mass is 409 g/mol. The van der Waals surface area contributed by atoms with Gasteiger partial charge in [0.05, 0.1) is 5.56 Å². The molecule has 1 N–H and O–H groups in total. The predicted molar refractivity (Wildman–Crippen MR) is 125 cm³/mol. The Labute approximate surface area is 183 Å². The van der Waals surface area contributed by atoms with Gasteiger partial charge in [-0.05, 0) is 67.3 Å². The first-order chi connectivity index (χ1) is 15.0. The molecule has 0 aliphatic rings. The van der Waals surface area contributed by atoms with E-state index in [4.69, 9.17) is 0 Å². The molecule has 0 aliphatic heterocycles. The minimum absolute atomic E-state index is 0.0366.